The van der Waals surface area contributed by atoms with E-state index < -0.39 is 5.97 Å². The minimum atomic E-state index is -1.08. The lowest BCUT2D eigenvalue weighted by atomic mass is 10.3. The monoisotopic (exact) mass is 183 g/mol. The summed E-state index contributed by atoms with van der Waals surface area (Å²) in [5.41, 5.74) is 0. The first-order valence-electron chi connectivity index (χ1n) is 3.85. The molecule has 0 bridgehead atoms. The molecule has 0 heterocycles. The summed E-state index contributed by atoms with van der Waals surface area (Å²) < 4.78 is 0. The van der Waals surface area contributed by atoms with Crippen LogP contribution in [0.15, 0.2) is 24.9 Å². The molecule has 0 atom stereocenters. The smallest absolute Gasteiger partial charge is 0.329 e. The summed E-state index contributed by atoms with van der Waals surface area (Å²) in [4.78, 5) is 22.6. The van der Waals surface area contributed by atoms with Gasteiger partial charge in [0.05, 0.1) is 0 Å². The van der Waals surface area contributed by atoms with E-state index in [-0.39, 0.29) is 11.9 Å². The highest BCUT2D eigenvalue weighted by atomic mass is 16.4. The Bertz CT molecular complexity index is 243. The fourth-order valence-electron chi connectivity index (χ4n) is 0.750. The van der Waals surface area contributed by atoms with Gasteiger partial charge in [0.1, 0.15) is 0 Å². The first-order chi connectivity index (χ1) is 5.99. The average molecular weight is 183 g/mol. The molecule has 0 aliphatic heterocycles. The fourth-order valence-corrected chi connectivity index (χ4v) is 0.750. The molecule has 0 aliphatic rings. The van der Waals surface area contributed by atoms with Crippen LogP contribution in [0.5, 0.6) is 0 Å². The molecule has 0 aromatic rings. The Morgan fingerprint density at radius 1 is 1.46 bits per heavy atom. The van der Waals surface area contributed by atoms with Crippen molar-refractivity contribution in [3.05, 3.63) is 24.9 Å². The number of carboxylic acids is 1. The van der Waals surface area contributed by atoms with E-state index in [0.29, 0.717) is 0 Å². The number of hydrogen-bond acceptors (Lipinski definition) is 2. The molecule has 4 heteroatoms. The largest absolute Gasteiger partial charge is 0.478 e. The van der Waals surface area contributed by atoms with Crippen molar-refractivity contribution in [2.24, 2.45) is 0 Å². The van der Waals surface area contributed by atoms with Crippen molar-refractivity contribution in [2.45, 2.75) is 19.9 Å². The van der Waals surface area contributed by atoms with Crippen LogP contribution in [-0.4, -0.2) is 27.9 Å². The van der Waals surface area contributed by atoms with Crippen LogP contribution in [0.25, 0.3) is 0 Å². The van der Waals surface area contributed by atoms with Gasteiger partial charge in [0.25, 0.3) is 0 Å². The summed E-state index contributed by atoms with van der Waals surface area (Å²) in [7, 11) is 0. The zero-order valence-corrected chi connectivity index (χ0v) is 7.73. The van der Waals surface area contributed by atoms with Crippen LogP contribution in [0.1, 0.15) is 13.8 Å². The first kappa shape index (κ1) is 11.4. The number of carbonyl (C=O) groups excluding carboxylic acids is 1. The molecular formula is C9H13NO3. The van der Waals surface area contributed by atoms with E-state index in [2.05, 4.69) is 6.58 Å². The van der Waals surface area contributed by atoms with Crippen molar-refractivity contribution in [3.63, 3.8) is 0 Å². The van der Waals surface area contributed by atoms with Crippen molar-refractivity contribution >= 4 is 11.9 Å². The molecule has 0 radical (unpaired) electrons. The molecule has 13 heavy (non-hydrogen) atoms. The van der Waals surface area contributed by atoms with Crippen LogP contribution in [0.2, 0.25) is 0 Å². The van der Waals surface area contributed by atoms with Crippen molar-refractivity contribution in [1.29, 1.82) is 0 Å². The van der Waals surface area contributed by atoms with Gasteiger partial charge in [-0.25, -0.2) is 4.79 Å². The predicted octanol–water partition coefficient (Wildman–Crippen LogP) is 1.01. The molecule has 0 rings (SSSR count). The SMILES string of the molecule is C=CC(=O)N(C=CC(=O)O)C(C)C. The average Bonchev–Trinajstić information content (AvgIpc) is 2.03. The third kappa shape index (κ3) is 4.10. The maximum absolute atomic E-state index is 11.1. The van der Waals surface area contributed by atoms with Gasteiger partial charge in [-0.3, -0.25) is 4.79 Å². The van der Waals surface area contributed by atoms with E-state index in [1.54, 1.807) is 13.8 Å². The molecule has 0 spiro atoms. The van der Waals surface area contributed by atoms with Gasteiger partial charge in [-0.15, -0.1) is 0 Å². The summed E-state index contributed by atoms with van der Waals surface area (Å²) in [5, 5.41) is 8.35. The molecule has 4 nitrogen and oxygen atoms in total. The van der Waals surface area contributed by atoms with Gasteiger partial charge in [0.2, 0.25) is 5.91 Å². The lowest BCUT2D eigenvalue weighted by Crippen LogP contribution is -2.30. The number of carboxylic acid groups (broad SMARTS) is 1. The number of rotatable bonds is 4. The van der Waals surface area contributed by atoms with Crippen molar-refractivity contribution in [3.8, 4) is 0 Å². The zero-order valence-electron chi connectivity index (χ0n) is 7.73. The molecule has 1 amide bonds. The topological polar surface area (TPSA) is 57.6 Å². The number of aliphatic carboxylic acids is 1. The molecule has 0 aromatic heterocycles. The van der Waals surface area contributed by atoms with Crippen molar-refractivity contribution in [2.75, 3.05) is 0 Å². The van der Waals surface area contributed by atoms with E-state index in [4.69, 9.17) is 5.11 Å². The van der Waals surface area contributed by atoms with Crippen LogP contribution in [0.3, 0.4) is 0 Å². The predicted molar refractivity (Wildman–Crippen MR) is 49.0 cm³/mol. The fraction of sp³-hybridized carbons (Fsp3) is 0.333. The zero-order chi connectivity index (χ0) is 10.4. The van der Waals surface area contributed by atoms with Gasteiger partial charge in [-0.05, 0) is 19.9 Å². The molecule has 0 aromatic carbocycles. The summed E-state index contributed by atoms with van der Waals surface area (Å²) in [5.74, 6) is -1.39. The Morgan fingerprint density at radius 3 is 2.31 bits per heavy atom. The third-order valence-electron chi connectivity index (χ3n) is 1.36. The van der Waals surface area contributed by atoms with Crippen LogP contribution >= 0.6 is 0 Å². The summed E-state index contributed by atoms with van der Waals surface area (Å²) >= 11 is 0. The summed E-state index contributed by atoms with van der Waals surface area (Å²) in [6.07, 6.45) is 3.30. The highest BCUT2D eigenvalue weighted by Crippen LogP contribution is 2.00. The second-order valence-corrected chi connectivity index (χ2v) is 2.70. The molecule has 72 valence electrons. The highest BCUT2D eigenvalue weighted by Gasteiger charge is 2.10. The number of nitrogens with zero attached hydrogens (tertiary/aromatic N) is 1. The highest BCUT2D eigenvalue weighted by molar-refractivity contribution is 5.89. The summed E-state index contributed by atoms with van der Waals surface area (Å²) in [6, 6.07) is -0.0823. The minimum absolute atomic E-state index is 0.0823. The van der Waals surface area contributed by atoms with Gasteiger partial charge in [-0.1, -0.05) is 6.58 Å². The molecular weight excluding hydrogens is 170 g/mol. The van der Waals surface area contributed by atoms with Gasteiger partial charge in [0.15, 0.2) is 0 Å². The Kier molecular flexibility index (Phi) is 4.51. The Hall–Kier alpha value is -1.58. The molecule has 0 unspecified atom stereocenters. The second kappa shape index (κ2) is 5.13. The van der Waals surface area contributed by atoms with Gasteiger partial charge in [0, 0.05) is 18.3 Å². The number of amides is 1. The Morgan fingerprint density at radius 2 is 2.00 bits per heavy atom. The molecule has 0 saturated carbocycles. The number of carbonyl (C=O) groups is 2. The summed E-state index contributed by atoms with van der Waals surface area (Å²) in [6.45, 7) is 6.89. The van der Waals surface area contributed by atoms with Gasteiger partial charge in [-0.2, -0.15) is 0 Å². The van der Waals surface area contributed by atoms with E-state index in [0.717, 1.165) is 12.2 Å². The van der Waals surface area contributed by atoms with Crippen LogP contribution in [0, 0.1) is 0 Å². The third-order valence-corrected chi connectivity index (χ3v) is 1.36. The van der Waals surface area contributed by atoms with E-state index in [1.807, 2.05) is 0 Å². The van der Waals surface area contributed by atoms with Crippen molar-refractivity contribution < 1.29 is 14.7 Å². The van der Waals surface area contributed by atoms with Gasteiger partial charge >= 0.3 is 5.97 Å². The van der Waals surface area contributed by atoms with Crippen molar-refractivity contribution in [1.82, 2.24) is 4.90 Å². The maximum atomic E-state index is 11.1. The van der Waals surface area contributed by atoms with Crippen LogP contribution in [-0.2, 0) is 9.59 Å². The Balaban J connectivity index is 4.53. The van der Waals surface area contributed by atoms with Crippen LogP contribution in [0.4, 0.5) is 0 Å². The molecule has 1 N–H and O–H groups in total. The lowest BCUT2D eigenvalue weighted by Gasteiger charge is -2.20. The molecule has 0 aliphatic carbocycles. The molecule has 0 saturated heterocycles. The first-order valence-corrected chi connectivity index (χ1v) is 3.85. The molecule has 0 fully saturated rings. The van der Waals surface area contributed by atoms with E-state index in [1.165, 1.54) is 11.1 Å². The van der Waals surface area contributed by atoms with Gasteiger partial charge < -0.3 is 10.0 Å². The van der Waals surface area contributed by atoms with E-state index >= 15 is 0 Å². The second-order valence-electron chi connectivity index (χ2n) is 2.70. The standard InChI is InChI=1S/C9H13NO3/c1-4-8(11)10(7(2)3)6-5-9(12)13/h4-7H,1H2,2-3H3,(H,12,13). The minimum Gasteiger partial charge on any atom is -0.478 e. The van der Waals surface area contributed by atoms with Crippen LogP contribution < -0.4 is 0 Å². The van der Waals surface area contributed by atoms with E-state index in [9.17, 15) is 9.59 Å². The lowest BCUT2D eigenvalue weighted by molar-refractivity contribution is -0.131. The maximum Gasteiger partial charge on any atom is 0.329 e. The Labute approximate surface area is 77.2 Å². The number of hydrogen-bond donors (Lipinski definition) is 1. The normalized spacial score (nSPS) is 10.4. The quantitative estimate of drug-likeness (QED) is 0.662.